The maximum Gasteiger partial charge on any atom is 0.0577 e. The molecule has 1 N–H and O–H groups in total. The van der Waals surface area contributed by atoms with Crippen molar-refractivity contribution < 1.29 is 5.11 Å². The number of aliphatic hydroxyl groups excluding tert-OH is 1. The summed E-state index contributed by atoms with van der Waals surface area (Å²) in [5.74, 6) is 0.945. The van der Waals surface area contributed by atoms with Crippen LogP contribution in [0.1, 0.15) is 24.8 Å². The second-order valence-electron chi connectivity index (χ2n) is 4.88. The molecular weight excluding hydrogens is 196 g/mol. The monoisotopic (exact) mass is 212 g/mol. The van der Waals surface area contributed by atoms with Crippen molar-refractivity contribution in [1.82, 2.24) is 0 Å². The van der Waals surface area contributed by atoms with Crippen LogP contribution in [0.15, 0.2) is 42.5 Å². The Morgan fingerprint density at radius 3 is 2.50 bits per heavy atom. The Morgan fingerprint density at radius 2 is 1.81 bits per heavy atom. The molecule has 1 fully saturated rings. The number of aliphatic hydroxyl groups is 1. The van der Waals surface area contributed by atoms with E-state index in [1.807, 2.05) is 0 Å². The first-order valence-corrected chi connectivity index (χ1v) is 5.92. The molecule has 1 heteroatoms. The normalized spacial score (nSPS) is 29.0. The van der Waals surface area contributed by atoms with Crippen LogP contribution in [0.4, 0.5) is 0 Å². The van der Waals surface area contributed by atoms with Crippen molar-refractivity contribution in [3.63, 3.8) is 0 Å². The average Bonchev–Trinajstić information content (AvgIpc) is 2.35. The van der Waals surface area contributed by atoms with E-state index in [2.05, 4.69) is 49.4 Å². The molecular formula is C15H16O. The lowest BCUT2D eigenvalue weighted by Crippen LogP contribution is -2.37. The molecule has 0 aliphatic heterocycles. The summed E-state index contributed by atoms with van der Waals surface area (Å²) < 4.78 is 0. The standard InChI is InChI=1S/C15H16O/c1-10-14(9-15(10)16)13-7-6-11-4-2-3-5-12(11)8-13/h2-8,10,14-16H,9H2,1H3. The molecule has 1 saturated carbocycles. The van der Waals surface area contributed by atoms with Crippen molar-refractivity contribution in [2.24, 2.45) is 5.92 Å². The number of hydrogen-bond donors (Lipinski definition) is 1. The summed E-state index contributed by atoms with van der Waals surface area (Å²) >= 11 is 0. The van der Waals surface area contributed by atoms with E-state index in [0.29, 0.717) is 11.8 Å². The van der Waals surface area contributed by atoms with Gasteiger partial charge in [-0.25, -0.2) is 0 Å². The number of rotatable bonds is 1. The van der Waals surface area contributed by atoms with Crippen LogP contribution in [0.5, 0.6) is 0 Å². The van der Waals surface area contributed by atoms with Crippen molar-refractivity contribution in [3.8, 4) is 0 Å². The minimum atomic E-state index is -0.100. The van der Waals surface area contributed by atoms with E-state index in [0.717, 1.165) is 6.42 Å². The van der Waals surface area contributed by atoms with Crippen LogP contribution >= 0.6 is 0 Å². The summed E-state index contributed by atoms with van der Waals surface area (Å²) in [6, 6.07) is 15.1. The zero-order valence-electron chi connectivity index (χ0n) is 9.43. The number of benzene rings is 2. The highest BCUT2D eigenvalue weighted by Gasteiger charge is 2.37. The molecule has 0 amide bonds. The maximum absolute atomic E-state index is 9.56. The van der Waals surface area contributed by atoms with Gasteiger partial charge in [0.15, 0.2) is 0 Å². The van der Waals surface area contributed by atoms with Gasteiger partial charge < -0.3 is 5.11 Å². The Kier molecular flexibility index (Phi) is 2.22. The van der Waals surface area contributed by atoms with Gasteiger partial charge in [0.2, 0.25) is 0 Å². The molecule has 1 aliphatic carbocycles. The van der Waals surface area contributed by atoms with E-state index < -0.39 is 0 Å². The Bertz CT molecular complexity index is 518. The summed E-state index contributed by atoms with van der Waals surface area (Å²) in [6.07, 6.45) is 0.816. The van der Waals surface area contributed by atoms with Crippen molar-refractivity contribution in [2.45, 2.75) is 25.4 Å². The highest BCUT2D eigenvalue weighted by atomic mass is 16.3. The molecule has 3 atom stereocenters. The second kappa shape index (κ2) is 3.60. The summed E-state index contributed by atoms with van der Waals surface area (Å²) in [5, 5.41) is 12.2. The molecule has 0 spiro atoms. The first-order chi connectivity index (χ1) is 7.75. The molecule has 2 aromatic rings. The van der Waals surface area contributed by atoms with E-state index in [1.54, 1.807) is 0 Å². The highest BCUT2D eigenvalue weighted by Crippen LogP contribution is 2.42. The SMILES string of the molecule is CC1C(O)CC1c1ccc2ccccc2c1. The molecule has 2 aromatic carbocycles. The largest absolute Gasteiger partial charge is 0.393 e. The van der Waals surface area contributed by atoms with Crippen molar-refractivity contribution in [2.75, 3.05) is 0 Å². The molecule has 0 bridgehead atoms. The topological polar surface area (TPSA) is 20.2 Å². The molecule has 1 nitrogen and oxygen atoms in total. The molecule has 82 valence electrons. The van der Waals surface area contributed by atoms with Crippen LogP contribution in [0, 0.1) is 5.92 Å². The van der Waals surface area contributed by atoms with Crippen molar-refractivity contribution in [3.05, 3.63) is 48.0 Å². The first-order valence-electron chi connectivity index (χ1n) is 5.92. The predicted molar refractivity (Wildman–Crippen MR) is 66.5 cm³/mol. The molecule has 3 rings (SSSR count). The van der Waals surface area contributed by atoms with E-state index in [1.165, 1.54) is 16.3 Å². The van der Waals surface area contributed by atoms with E-state index in [9.17, 15) is 5.11 Å². The zero-order valence-corrected chi connectivity index (χ0v) is 9.43. The molecule has 0 aromatic heterocycles. The fourth-order valence-corrected chi connectivity index (χ4v) is 2.64. The fraction of sp³-hybridized carbons (Fsp3) is 0.333. The Hall–Kier alpha value is -1.34. The number of fused-ring (bicyclic) bond motifs is 1. The van der Waals surface area contributed by atoms with Gasteiger partial charge >= 0.3 is 0 Å². The van der Waals surface area contributed by atoms with Crippen LogP contribution in [0.2, 0.25) is 0 Å². The van der Waals surface area contributed by atoms with Crippen molar-refractivity contribution in [1.29, 1.82) is 0 Å². The average molecular weight is 212 g/mol. The molecule has 0 heterocycles. The Morgan fingerprint density at radius 1 is 1.06 bits per heavy atom. The summed E-state index contributed by atoms with van der Waals surface area (Å²) in [4.78, 5) is 0. The third kappa shape index (κ3) is 1.43. The van der Waals surface area contributed by atoms with Gasteiger partial charge in [-0.05, 0) is 34.6 Å². The van der Waals surface area contributed by atoms with Crippen LogP contribution in [0.25, 0.3) is 10.8 Å². The first kappa shape index (κ1) is 9.86. The van der Waals surface area contributed by atoms with Gasteiger partial charge in [-0.2, -0.15) is 0 Å². The van der Waals surface area contributed by atoms with Gasteiger partial charge in [0, 0.05) is 0 Å². The molecule has 3 unspecified atom stereocenters. The summed E-state index contributed by atoms with van der Waals surface area (Å²) in [7, 11) is 0. The van der Waals surface area contributed by atoms with Gasteiger partial charge in [0.05, 0.1) is 6.10 Å². The Labute approximate surface area is 95.7 Å². The third-order valence-electron chi connectivity index (χ3n) is 3.94. The Balaban J connectivity index is 2.00. The van der Waals surface area contributed by atoms with Crippen LogP contribution < -0.4 is 0 Å². The lowest BCUT2D eigenvalue weighted by molar-refractivity contribution is 0.0118. The minimum Gasteiger partial charge on any atom is -0.393 e. The predicted octanol–water partition coefficient (Wildman–Crippen LogP) is 3.32. The van der Waals surface area contributed by atoms with Crippen LogP contribution in [0.3, 0.4) is 0 Å². The third-order valence-corrected chi connectivity index (χ3v) is 3.94. The molecule has 0 saturated heterocycles. The summed E-state index contributed by atoms with van der Waals surface area (Å²) in [5.41, 5.74) is 1.37. The van der Waals surface area contributed by atoms with Gasteiger partial charge in [-0.3, -0.25) is 0 Å². The molecule has 1 aliphatic rings. The lowest BCUT2D eigenvalue weighted by atomic mass is 9.68. The summed E-state index contributed by atoms with van der Waals surface area (Å²) in [6.45, 7) is 2.13. The van der Waals surface area contributed by atoms with Gasteiger partial charge in [-0.1, -0.05) is 49.4 Å². The zero-order chi connectivity index (χ0) is 11.1. The van der Waals surface area contributed by atoms with Crippen LogP contribution in [-0.2, 0) is 0 Å². The van der Waals surface area contributed by atoms with Gasteiger partial charge in [0.25, 0.3) is 0 Å². The smallest absolute Gasteiger partial charge is 0.0577 e. The molecule has 16 heavy (non-hydrogen) atoms. The fourth-order valence-electron chi connectivity index (χ4n) is 2.64. The van der Waals surface area contributed by atoms with Crippen LogP contribution in [-0.4, -0.2) is 11.2 Å². The second-order valence-corrected chi connectivity index (χ2v) is 4.88. The van der Waals surface area contributed by atoms with E-state index in [4.69, 9.17) is 0 Å². The maximum atomic E-state index is 9.56. The quantitative estimate of drug-likeness (QED) is 0.768. The van der Waals surface area contributed by atoms with E-state index >= 15 is 0 Å². The van der Waals surface area contributed by atoms with Gasteiger partial charge in [-0.15, -0.1) is 0 Å². The van der Waals surface area contributed by atoms with Crippen molar-refractivity contribution >= 4 is 10.8 Å². The highest BCUT2D eigenvalue weighted by molar-refractivity contribution is 5.83. The number of hydrogen-bond acceptors (Lipinski definition) is 1. The minimum absolute atomic E-state index is 0.100. The lowest BCUT2D eigenvalue weighted by Gasteiger charge is -2.39. The van der Waals surface area contributed by atoms with E-state index in [-0.39, 0.29) is 6.10 Å². The van der Waals surface area contributed by atoms with Gasteiger partial charge in [0.1, 0.15) is 0 Å². The molecule has 0 radical (unpaired) electrons.